The molecule has 0 aliphatic rings. The molecule has 1 aromatic carbocycles. The molecule has 0 saturated carbocycles. The largest absolute Gasteiger partial charge is 0.493 e. The standard InChI is InChI=1S/C13H15N3O3S/c1-18-10-4-3-9(7-11(10)19-2)16-12(17)8-15-13-14-5-6-20-13/h3-7H,8H2,1-2H3,(H,14,15)(H,16,17). The molecule has 0 atom stereocenters. The van der Waals surface area contributed by atoms with Crippen LogP contribution in [-0.4, -0.2) is 31.7 Å². The number of nitrogens with zero attached hydrogens (tertiary/aromatic N) is 1. The number of rotatable bonds is 6. The molecule has 0 radical (unpaired) electrons. The van der Waals surface area contributed by atoms with Crippen LogP contribution >= 0.6 is 11.3 Å². The molecule has 0 spiro atoms. The monoisotopic (exact) mass is 293 g/mol. The van der Waals surface area contributed by atoms with E-state index in [2.05, 4.69) is 15.6 Å². The Bertz CT molecular complexity index is 572. The second-order valence-corrected chi connectivity index (χ2v) is 4.70. The number of thiazole rings is 1. The van der Waals surface area contributed by atoms with E-state index in [9.17, 15) is 4.79 Å². The lowest BCUT2D eigenvalue weighted by Crippen LogP contribution is -2.21. The number of carbonyl (C=O) groups is 1. The highest BCUT2D eigenvalue weighted by Crippen LogP contribution is 2.29. The third-order valence-corrected chi connectivity index (χ3v) is 3.23. The molecular formula is C13H15N3O3S. The molecular weight excluding hydrogens is 278 g/mol. The summed E-state index contributed by atoms with van der Waals surface area (Å²) < 4.78 is 10.3. The average molecular weight is 293 g/mol. The predicted molar refractivity (Wildman–Crippen MR) is 78.8 cm³/mol. The van der Waals surface area contributed by atoms with Gasteiger partial charge in [0.25, 0.3) is 0 Å². The van der Waals surface area contributed by atoms with Gasteiger partial charge in [0.05, 0.1) is 20.8 Å². The smallest absolute Gasteiger partial charge is 0.243 e. The van der Waals surface area contributed by atoms with Crippen LogP contribution in [0.25, 0.3) is 0 Å². The number of amides is 1. The molecule has 2 aromatic rings. The van der Waals surface area contributed by atoms with Crippen molar-refractivity contribution < 1.29 is 14.3 Å². The van der Waals surface area contributed by atoms with Crippen LogP contribution in [0, 0.1) is 0 Å². The summed E-state index contributed by atoms with van der Waals surface area (Å²) in [4.78, 5) is 15.8. The van der Waals surface area contributed by atoms with Crippen molar-refractivity contribution in [1.29, 1.82) is 0 Å². The van der Waals surface area contributed by atoms with Crippen LogP contribution in [0.4, 0.5) is 10.8 Å². The van der Waals surface area contributed by atoms with E-state index in [1.165, 1.54) is 11.3 Å². The van der Waals surface area contributed by atoms with E-state index in [1.54, 1.807) is 38.6 Å². The minimum Gasteiger partial charge on any atom is -0.493 e. The Morgan fingerprint density at radius 2 is 2.10 bits per heavy atom. The van der Waals surface area contributed by atoms with E-state index >= 15 is 0 Å². The summed E-state index contributed by atoms with van der Waals surface area (Å²) in [6.45, 7) is 0.155. The van der Waals surface area contributed by atoms with Crippen molar-refractivity contribution in [3.63, 3.8) is 0 Å². The van der Waals surface area contributed by atoms with Crippen molar-refractivity contribution >= 4 is 28.1 Å². The minimum absolute atomic E-state index is 0.155. The Morgan fingerprint density at radius 3 is 2.75 bits per heavy atom. The fraction of sp³-hybridized carbons (Fsp3) is 0.231. The summed E-state index contributed by atoms with van der Waals surface area (Å²) in [6, 6.07) is 5.20. The van der Waals surface area contributed by atoms with Gasteiger partial charge in [0.1, 0.15) is 0 Å². The molecule has 2 rings (SSSR count). The predicted octanol–water partition coefficient (Wildman–Crippen LogP) is 2.21. The molecule has 20 heavy (non-hydrogen) atoms. The zero-order chi connectivity index (χ0) is 14.4. The Balaban J connectivity index is 1.93. The lowest BCUT2D eigenvalue weighted by molar-refractivity contribution is -0.114. The first-order chi connectivity index (χ1) is 9.72. The van der Waals surface area contributed by atoms with Crippen LogP contribution in [0.2, 0.25) is 0 Å². The van der Waals surface area contributed by atoms with E-state index in [-0.39, 0.29) is 12.5 Å². The Labute approximate surface area is 120 Å². The van der Waals surface area contributed by atoms with Gasteiger partial charge < -0.3 is 20.1 Å². The van der Waals surface area contributed by atoms with Gasteiger partial charge in [-0.2, -0.15) is 0 Å². The van der Waals surface area contributed by atoms with Gasteiger partial charge >= 0.3 is 0 Å². The second-order valence-electron chi connectivity index (χ2n) is 3.81. The van der Waals surface area contributed by atoms with Gasteiger partial charge in [-0.15, -0.1) is 11.3 Å². The third-order valence-electron chi connectivity index (χ3n) is 2.50. The highest BCUT2D eigenvalue weighted by Gasteiger charge is 2.07. The molecule has 1 aromatic heterocycles. The Kier molecular flexibility index (Phi) is 4.78. The Morgan fingerprint density at radius 1 is 1.30 bits per heavy atom. The summed E-state index contributed by atoms with van der Waals surface area (Å²) in [5.74, 6) is 1.03. The van der Waals surface area contributed by atoms with Gasteiger partial charge in [-0.1, -0.05) is 0 Å². The first kappa shape index (κ1) is 14.1. The van der Waals surface area contributed by atoms with E-state index in [0.717, 1.165) is 0 Å². The highest BCUT2D eigenvalue weighted by atomic mass is 32.1. The zero-order valence-corrected chi connectivity index (χ0v) is 12.0. The molecule has 0 unspecified atom stereocenters. The fourth-order valence-electron chi connectivity index (χ4n) is 1.59. The van der Waals surface area contributed by atoms with Crippen LogP contribution in [0.5, 0.6) is 11.5 Å². The van der Waals surface area contributed by atoms with Crippen molar-refractivity contribution in [3.05, 3.63) is 29.8 Å². The van der Waals surface area contributed by atoms with Crippen molar-refractivity contribution in [1.82, 2.24) is 4.98 Å². The van der Waals surface area contributed by atoms with Gasteiger partial charge in [0, 0.05) is 23.3 Å². The number of hydrogen-bond acceptors (Lipinski definition) is 6. The summed E-state index contributed by atoms with van der Waals surface area (Å²) in [5.41, 5.74) is 0.647. The molecule has 2 N–H and O–H groups in total. The molecule has 6 nitrogen and oxygen atoms in total. The third kappa shape index (κ3) is 3.61. The number of benzene rings is 1. The molecule has 0 bridgehead atoms. The quantitative estimate of drug-likeness (QED) is 0.854. The number of aromatic nitrogens is 1. The molecule has 7 heteroatoms. The maximum absolute atomic E-state index is 11.8. The number of ether oxygens (including phenoxy) is 2. The van der Waals surface area contributed by atoms with Crippen LogP contribution < -0.4 is 20.1 Å². The first-order valence-electron chi connectivity index (χ1n) is 5.88. The van der Waals surface area contributed by atoms with Crippen molar-refractivity contribution in [3.8, 4) is 11.5 Å². The van der Waals surface area contributed by atoms with Gasteiger partial charge in [-0.25, -0.2) is 4.98 Å². The molecule has 0 saturated heterocycles. The van der Waals surface area contributed by atoms with Crippen molar-refractivity contribution in [2.45, 2.75) is 0 Å². The molecule has 1 heterocycles. The summed E-state index contributed by atoms with van der Waals surface area (Å²) in [5, 5.41) is 8.26. The number of nitrogens with one attached hydrogen (secondary N) is 2. The van der Waals surface area contributed by atoms with Gasteiger partial charge in [0.2, 0.25) is 5.91 Å². The van der Waals surface area contributed by atoms with Crippen LogP contribution in [0.15, 0.2) is 29.8 Å². The number of anilines is 2. The summed E-state index contributed by atoms with van der Waals surface area (Å²) in [6.07, 6.45) is 1.68. The van der Waals surface area contributed by atoms with Crippen molar-refractivity contribution in [2.24, 2.45) is 0 Å². The molecule has 0 aliphatic heterocycles. The number of hydrogen-bond donors (Lipinski definition) is 2. The van der Waals surface area contributed by atoms with Crippen LogP contribution in [0.3, 0.4) is 0 Å². The molecule has 106 valence electrons. The van der Waals surface area contributed by atoms with E-state index in [0.29, 0.717) is 22.3 Å². The maximum atomic E-state index is 11.8. The summed E-state index contributed by atoms with van der Waals surface area (Å²) >= 11 is 1.44. The molecule has 0 fully saturated rings. The first-order valence-corrected chi connectivity index (χ1v) is 6.76. The average Bonchev–Trinajstić information content (AvgIpc) is 2.98. The Hall–Kier alpha value is -2.28. The summed E-state index contributed by atoms with van der Waals surface area (Å²) in [7, 11) is 3.11. The number of carbonyl (C=O) groups excluding carboxylic acids is 1. The zero-order valence-electron chi connectivity index (χ0n) is 11.2. The second kappa shape index (κ2) is 6.76. The van der Waals surface area contributed by atoms with Crippen LogP contribution in [-0.2, 0) is 4.79 Å². The minimum atomic E-state index is -0.160. The molecule has 1 amide bonds. The lowest BCUT2D eigenvalue weighted by atomic mass is 10.2. The van der Waals surface area contributed by atoms with Gasteiger partial charge in [-0.3, -0.25) is 4.79 Å². The topological polar surface area (TPSA) is 72.5 Å². The molecule has 0 aliphatic carbocycles. The van der Waals surface area contributed by atoms with E-state index in [1.807, 2.05) is 5.38 Å². The SMILES string of the molecule is COc1ccc(NC(=O)CNc2nccs2)cc1OC. The van der Waals surface area contributed by atoms with Gasteiger partial charge in [0.15, 0.2) is 16.6 Å². The van der Waals surface area contributed by atoms with E-state index < -0.39 is 0 Å². The number of methoxy groups -OCH3 is 2. The highest BCUT2D eigenvalue weighted by molar-refractivity contribution is 7.13. The van der Waals surface area contributed by atoms with Crippen LogP contribution in [0.1, 0.15) is 0 Å². The lowest BCUT2D eigenvalue weighted by Gasteiger charge is -2.10. The fourth-order valence-corrected chi connectivity index (χ4v) is 2.11. The maximum Gasteiger partial charge on any atom is 0.243 e. The van der Waals surface area contributed by atoms with Crippen molar-refractivity contribution in [2.75, 3.05) is 31.4 Å². The van der Waals surface area contributed by atoms with Gasteiger partial charge in [-0.05, 0) is 12.1 Å². The normalized spacial score (nSPS) is 9.90. The van der Waals surface area contributed by atoms with E-state index in [4.69, 9.17) is 9.47 Å².